The van der Waals surface area contributed by atoms with Crippen molar-refractivity contribution in [2.45, 2.75) is 4.90 Å². The van der Waals surface area contributed by atoms with Crippen molar-refractivity contribution in [2.75, 3.05) is 10.8 Å². The summed E-state index contributed by atoms with van der Waals surface area (Å²) in [5.74, 6) is -1.21. The third-order valence-corrected chi connectivity index (χ3v) is 5.23. The van der Waals surface area contributed by atoms with E-state index in [-0.39, 0.29) is 4.90 Å². The summed E-state index contributed by atoms with van der Waals surface area (Å²) in [6.45, 7) is -0.627. The number of aliphatic carboxylic acids is 1. The molecule has 110 valence electrons. The van der Waals surface area contributed by atoms with Crippen molar-refractivity contribution in [1.29, 1.82) is 0 Å². The molecule has 7 heteroatoms. The fraction of sp³-hybridized carbons (Fsp3) is 0.0714. The Balaban J connectivity index is 2.49. The van der Waals surface area contributed by atoms with Gasteiger partial charge in [-0.1, -0.05) is 18.2 Å². The van der Waals surface area contributed by atoms with Gasteiger partial charge in [-0.25, -0.2) is 8.42 Å². The maximum absolute atomic E-state index is 12.6. The third kappa shape index (κ3) is 3.73. The molecular weight excluding hydrogens is 405 g/mol. The van der Waals surface area contributed by atoms with E-state index in [4.69, 9.17) is 5.11 Å². The van der Waals surface area contributed by atoms with Gasteiger partial charge in [-0.3, -0.25) is 9.10 Å². The van der Waals surface area contributed by atoms with Gasteiger partial charge in [-0.05, 0) is 59.0 Å². The SMILES string of the molecule is O=C(O)CN(c1ccccc1)S(=O)(=O)c1ccc(I)cc1. The van der Waals surface area contributed by atoms with E-state index in [2.05, 4.69) is 22.6 Å². The number of hydrogen-bond donors (Lipinski definition) is 1. The zero-order valence-electron chi connectivity index (χ0n) is 10.8. The van der Waals surface area contributed by atoms with Crippen molar-refractivity contribution in [3.8, 4) is 0 Å². The lowest BCUT2D eigenvalue weighted by molar-refractivity contribution is -0.135. The Morgan fingerprint density at radius 2 is 1.62 bits per heavy atom. The van der Waals surface area contributed by atoms with E-state index < -0.39 is 22.5 Å². The Hall–Kier alpha value is -1.61. The van der Waals surface area contributed by atoms with Gasteiger partial charge in [0.1, 0.15) is 6.54 Å². The van der Waals surface area contributed by atoms with Crippen LogP contribution in [0.5, 0.6) is 0 Å². The van der Waals surface area contributed by atoms with Crippen LogP contribution in [0.2, 0.25) is 0 Å². The molecule has 0 saturated carbocycles. The number of benzene rings is 2. The van der Waals surface area contributed by atoms with Crippen LogP contribution >= 0.6 is 22.6 Å². The van der Waals surface area contributed by atoms with E-state index in [9.17, 15) is 13.2 Å². The van der Waals surface area contributed by atoms with E-state index in [1.165, 1.54) is 12.1 Å². The van der Waals surface area contributed by atoms with Crippen LogP contribution in [0.3, 0.4) is 0 Å². The monoisotopic (exact) mass is 417 g/mol. The van der Waals surface area contributed by atoms with Gasteiger partial charge in [-0.2, -0.15) is 0 Å². The molecule has 0 spiro atoms. The lowest BCUT2D eigenvalue weighted by Crippen LogP contribution is -2.35. The third-order valence-electron chi connectivity index (χ3n) is 2.72. The molecule has 0 aliphatic rings. The van der Waals surface area contributed by atoms with E-state index in [0.717, 1.165) is 7.88 Å². The van der Waals surface area contributed by atoms with E-state index in [0.29, 0.717) is 5.69 Å². The normalized spacial score (nSPS) is 11.1. The summed E-state index contributed by atoms with van der Waals surface area (Å²) in [5.41, 5.74) is 0.318. The molecule has 0 fully saturated rings. The number of sulfonamides is 1. The fourth-order valence-corrected chi connectivity index (χ4v) is 3.54. The Morgan fingerprint density at radius 1 is 1.05 bits per heavy atom. The minimum atomic E-state index is -3.92. The molecule has 0 radical (unpaired) electrons. The zero-order valence-corrected chi connectivity index (χ0v) is 13.8. The topological polar surface area (TPSA) is 74.7 Å². The first-order valence-corrected chi connectivity index (χ1v) is 8.48. The van der Waals surface area contributed by atoms with Crippen LogP contribution in [0.25, 0.3) is 0 Å². The summed E-state index contributed by atoms with van der Waals surface area (Å²) in [6.07, 6.45) is 0. The molecule has 21 heavy (non-hydrogen) atoms. The van der Waals surface area contributed by atoms with Crippen LogP contribution in [-0.2, 0) is 14.8 Å². The molecule has 0 aliphatic carbocycles. The standard InChI is InChI=1S/C14H12INO4S/c15-11-6-8-13(9-7-11)21(19,20)16(10-14(17)18)12-4-2-1-3-5-12/h1-9H,10H2,(H,17,18). The molecule has 0 saturated heterocycles. The number of nitrogens with zero attached hydrogens (tertiary/aromatic N) is 1. The number of anilines is 1. The molecular formula is C14H12INO4S. The first-order chi connectivity index (χ1) is 9.91. The second-order valence-electron chi connectivity index (χ2n) is 4.19. The van der Waals surface area contributed by atoms with Crippen LogP contribution in [0.4, 0.5) is 5.69 Å². The Bertz CT molecular complexity index is 729. The summed E-state index contributed by atoms with van der Waals surface area (Å²) in [4.78, 5) is 11.1. The maximum Gasteiger partial charge on any atom is 0.324 e. The molecule has 0 unspecified atom stereocenters. The van der Waals surface area contributed by atoms with Crippen LogP contribution in [0, 0.1) is 3.57 Å². The molecule has 2 rings (SSSR count). The largest absolute Gasteiger partial charge is 0.480 e. The average molecular weight is 417 g/mol. The highest BCUT2D eigenvalue weighted by Gasteiger charge is 2.26. The predicted molar refractivity (Wildman–Crippen MR) is 87.8 cm³/mol. The van der Waals surface area contributed by atoms with E-state index >= 15 is 0 Å². The van der Waals surface area contributed by atoms with Crippen LogP contribution in [0.1, 0.15) is 0 Å². The quantitative estimate of drug-likeness (QED) is 0.760. The van der Waals surface area contributed by atoms with Gasteiger partial charge in [0, 0.05) is 3.57 Å². The van der Waals surface area contributed by atoms with Crippen molar-refractivity contribution in [2.24, 2.45) is 0 Å². The van der Waals surface area contributed by atoms with Gasteiger partial charge in [0.15, 0.2) is 0 Å². The summed E-state index contributed by atoms with van der Waals surface area (Å²) in [5, 5.41) is 8.99. The number of carboxylic acids is 1. The minimum Gasteiger partial charge on any atom is -0.480 e. The first kappa shape index (κ1) is 15.8. The predicted octanol–water partition coefficient (Wildman–Crippen LogP) is 2.57. The van der Waals surface area contributed by atoms with Gasteiger partial charge in [-0.15, -0.1) is 0 Å². The molecule has 0 atom stereocenters. The number of rotatable bonds is 5. The van der Waals surface area contributed by atoms with Gasteiger partial charge >= 0.3 is 5.97 Å². The highest BCUT2D eigenvalue weighted by Crippen LogP contribution is 2.23. The molecule has 2 aromatic carbocycles. The summed E-state index contributed by atoms with van der Waals surface area (Å²) < 4.78 is 27.1. The number of halogens is 1. The summed E-state index contributed by atoms with van der Waals surface area (Å²) in [6, 6.07) is 14.4. The first-order valence-electron chi connectivity index (χ1n) is 5.96. The lowest BCUT2D eigenvalue weighted by Gasteiger charge is -2.22. The van der Waals surface area contributed by atoms with Crippen molar-refractivity contribution in [3.05, 3.63) is 58.2 Å². The van der Waals surface area contributed by atoms with Crippen LogP contribution in [-0.4, -0.2) is 26.0 Å². The van der Waals surface area contributed by atoms with Gasteiger partial charge in [0.2, 0.25) is 0 Å². The van der Waals surface area contributed by atoms with Crippen molar-refractivity contribution in [3.63, 3.8) is 0 Å². The lowest BCUT2D eigenvalue weighted by atomic mass is 10.3. The zero-order chi connectivity index (χ0) is 15.5. The molecule has 0 amide bonds. The highest BCUT2D eigenvalue weighted by molar-refractivity contribution is 14.1. The van der Waals surface area contributed by atoms with Gasteiger partial charge in [0.25, 0.3) is 10.0 Å². The van der Waals surface area contributed by atoms with Crippen LogP contribution in [0.15, 0.2) is 59.5 Å². The number of para-hydroxylation sites is 1. The number of carboxylic acid groups (broad SMARTS) is 1. The van der Waals surface area contributed by atoms with Gasteiger partial charge in [0.05, 0.1) is 10.6 Å². The second-order valence-corrected chi connectivity index (χ2v) is 7.30. The molecule has 0 aliphatic heterocycles. The summed E-state index contributed by atoms with van der Waals surface area (Å²) >= 11 is 2.07. The van der Waals surface area contributed by atoms with Crippen molar-refractivity contribution in [1.82, 2.24) is 0 Å². The molecule has 0 aromatic heterocycles. The van der Waals surface area contributed by atoms with E-state index in [1.54, 1.807) is 42.5 Å². The second kappa shape index (κ2) is 6.44. The Labute approximate surface area is 136 Å². The van der Waals surface area contributed by atoms with Gasteiger partial charge < -0.3 is 5.11 Å². The van der Waals surface area contributed by atoms with Crippen molar-refractivity contribution >= 4 is 44.3 Å². The molecule has 0 heterocycles. The molecule has 0 bridgehead atoms. The maximum atomic E-state index is 12.6. The number of carbonyl (C=O) groups is 1. The molecule has 1 N–H and O–H groups in total. The van der Waals surface area contributed by atoms with Crippen LogP contribution < -0.4 is 4.31 Å². The summed E-state index contributed by atoms with van der Waals surface area (Å²) in [7, 11) is -3.92. The average Bonchev–Trinajstić information content (AvgIpc) is 2.46. The Kier molecular flexibility index (Phi) is 4.84. The van der Waals surface area contributed by atoms with Crippen molar-refractivity contribution < 1.29 is 18.3 Å². The molecule has 5 nitrogen and oxygen atoms in total. The smallest absolute Gasteiger partial charge is 0.324 e. The Morgan fingerprint density at radius 3 is 2.14 bits per heavy atom. The van der Waals surface area contributed by atoms with E-state index in [1.807, 2.05) is 0 Å². The minimum absolute atomic E-state index is 0.0630. The fourth-order valence-electron chi connectivity index (χ4n) is 1.77. The highest BCUT2D eigenvalue weighted by atomic mass is 127. The number of hydrogen-bond acceptors (Lipinski definition) is 3. The molecule has 2 aromatic rings.